The van der Waals surface area contributed by atoms with Gasteiger partial charge in [-0.15, -0.1) is 0 Å². The number of aromatic nitrogens is 4. The van der Waals surface area contributed by atoms with Gasteiger partial charge in [-0.05, 0) is 13.3 Å². The summed E-state index contributed by atoms with van der Waals surface area (Å²) in [5.74, 6) is -0.000158. The predicted octanol–water partition coefficient (Wildman–Crippen LogP) is 1.07. The van der Waals surface area contributed by atoms with Crippen LogP contribution in [0.15, 0.2) is 6.33 Å². The standard InChI is InChI=1S/C13H22N5O12P3/c1-3-26-11-9-10(16-13(14)17-11)18(6-15-9)12-7(2)4-8(28-12)5-27-32(22,23)30-33(24,25)29-31(19,20)21/h6-8,12H,3-5H2,1-2H3,(H,22,23)(H,24,25)(H2,14,16,17)(H2,19,20,21). The highest BCUT2D eigenvalue weighted by molar-refractivity contribution is 7.66. The van der Waals surface area contributed by atoms with Crippen molar-refractivity contribution in [1.29, 1.82) is 0 Å². The number of rotatable bonds is 10. The molecule has 0 spiro atoms. The summed E-state index contributed by atoms with van der Waals surface area (Å²) >= 11 is 0. The lowest BCUT2D eigenvalue weighted by atomic mass is 10.1. The Kier molecular flexibility index (Phi) is 7.63. The number of phosphoric acid groups is 3. The van der Waals surface area contributed by atoms with Gasteiger partial charge in [-0.25, -0.2) is 18.7 Å². The van der Waals surface area contributed by atoms with E-state index in [0.29, 0.717) is 24.2 Å². The summed E-state index contributed by atoms with van der Waals surface area (Å²) in [4.78, 5) is 48.3. The van der Waals surface area contributed by atoms with E-state index in [1.165, 1.54) is 6.33 Å². The van der Waals surface area contributed by atoms with Crippen LogP contribution in [0.5, 0.6) is 5.88 Å². The summed E-state index contributed by atoms with van der Waals surface area (Å²) in [5.41, 5.74) is 6.45. The van der Waals surface area contributed by atoms with E-state index in [4.69, 9.17) is 25.0 Å². The van der Waals surface area contributed by atoms with Gasteiger partial charge in [0.15, 0.2) is 11.2 Å². The molecule has 0 aromatic carbocycles. The molecule has 1 aliphatic rings. The second-order valence-corrected chi connectivity index (χ2v) is 11.3. The van der Waals surface area contributed by atoms with Crippen molar-refractivity contribution in [2.45, 2.75) is 32.6 Å². The average molecular weight is 533 g/mol. The maximum absolute atomic E-state index is 11.9. The largest absolute Gasteiger partial charge is 0.490 e. The van der Waals surface area contributed by atoms with Crippen molar-refractivity contribution in [3.8, 4) is 5.88 Å². The molecule has 0 bridgehead atoms. The minimum atomic E-state index is -5.60. The van der Waals surface area contributed by atoms with Gasteiger partial charge < -0.3 is 34.8 Å². The quantitative estimate of drug-likeness (QED) is 0.268. The van der Waals surface area contributed by atoms with Crippen molar-refractivity contribution in [3.05, 3.63) is 6.33 Å². The fraction of sp³-hybridized carbons (Fsp3) is 0.615. The highest BCUT2D eigenvalue weighted by Gasteiger charge is 2.42. The molecule has 1 fully saturated rings. The van der Waals surface area contributed by atoms with Gasteiger partial charge in [-0.2, -0.15) is 18.6 Å². The molecule has 17 nitrogen and oxygen atoms in total. The van der Waals surface area contributed by atoms with E-state index in [1.54, 1.807) is 11.5 Å². The Morgan fingerprint density at radius 1 is 1.18 bits per heavy atom. The maximum atomic E-state index is 11.9. The van der Waals surface area contributed by atoms with Crippen molar-refractivity contribution < 1.29 is 55.9 Å². The normalized spacial score (nSPS) is 25.1. The Morgan fingerprint density at radius 3 is 2.52 bits per heavy atom. The van der Waals surface area contributed by atoms with Crippen molar-refractivity contribution in [2.24, 2.45) is 5.92 Å². The molecule has 0 saturated carbocycles. The average Bonchev–Trinajstić information content (AvgIpc) is 3.20. The molecular formula is C13H22N5O12P3. The third-order valence-electron chi connectivity index (χ3n) is 4.25. The first kappa shape index (κ1) is 26.1. The van der Waals surface area contributed by atoms with E-state index in [2.05, 4.69) is 28.1 Å². The number of nitrogens with zero attached hydrogens (tertiary/aromatic N) is 4. The zero-order valence-corrected chi connectivity index (χ0v) is 19.9. The molecule has 1 saturated heterocycles. The summed E-state index contributed by atoms with van der Waals surface area (Å²) in [6.45, 7) is 3.37. The van der Waals surface area contributed by atoms with Crippen LogP contribution in [0, 0.1) is 5.92 Å². The second-order valence-electron chi connectivity index (χ2n) is 6.89. The Morgan fingerprint density at radius 2 is 1.88 bits per heavy atom. The molecule has 3 rings (SSSR count). The number of hydrogen-bond donors (Lipinski definition) is 5. The molecule has 5 atom stereocenters. The Balaban J connectivity index is 1.69. The number of nitrogen functional groups attached to an aromatic ring is 1. The van der Waals surface area contributed by atoms with E-state index in [0.717, 1.165) is 0 Å². The third kappa shape index (κ3) is 6.78. The van der Waals surface area contributed by atoms with E-state index in [1.807, 2.05) is 6.92 Å². The SMILES string of the molecule is CCOc1nc(N)nc2c1ncn2C1OC(COP(=O)(O)OP(=O)(O)OP(=O)(O)O)CC1C. The first-order valence-corrected chi connectivity index (χ1v) is 13.8. The summed E-state index contributed by atoms with van der Waals surface area (Å²) in [5, 5.41) is 0. The van der Waals surface area contributed by atoms with E-state index in [-0.39, 0.29) is 17.7 Å². The first-order valence-electron chi connectivity index (χ1n) is 9.26. The van der Waals surface area contributed by atoms with E-state index >= 15 is 0 Å². The zero-order valence-electron chi connectivity index (χ0n) is 17.2. The summed E-state index contributed by atoms with van der Waals surface area (Å²) < 4.78 is 58.9. The van der Waals surface area contributed by atoms with Crippen LogP contribution >= 0.6 is 23.5 Å². The molecule has 0 radical (unpaired) electrons. The molecular weight excluding hydrogens is 511 g/mol. The van der Waals surface area contributed by atoms with Crippen molar-refractivity contribution in [3.63, 3.8) is 0 Å². The molecule has 6 N–H and O–H groups in total. The van der Waals surface area contributed by atoms with Crippen LogP contribution in [-0.2, 0) is 31.6 Å². The predicted molar refractivity (Wildman–Crippen MR) is 108 cm³/mol. The van der Waals surface area contributed by atoms with Crippen LogP contribution in [0.1, 0.15) is 26.5 Å². The first-order chi connectivity index (χ1) is 15.2. The molecule has 2 aromatic heterocycles. The highest BCUT2D eigenvalue weighted by Crippen LogP contribution is 2.66. The lowest BCUT2D eigenvalue weighted by Crippen LogP contribution is -2.17. The Labute approximate surface area is 186 Å². The van der Waals surface area contributed by atoms with Crippen LogP contribution < -0.4 is 10.5 Å². The number of nitrogens with two attached hydrogens (primary N) is 1. The number of anilines is 1. The second kappa shape index (κ2) is 9.64. The Bertz CT molecular complexity index is 1150. The fourth-order valence-corrected chi connectivity index (χ4v) is 6.23. The lowest BCUT2D eigenvalue weighted by molar-refractivity contribution is -0.0290. The van der Waals surface area contributed by atoms with Gasteiger partial charge in [0.25, 0.3) is 0 Å². The monoisotopic (exact) mass is 533 g/mol. The van der Waals surface area contributed by atoms with Crippen molar-refractivity contribution in [2.75, 3.05) is 18.9 Å². The zero-order chi connectivity index (χ0) is 24.6. The molecule has 2 aromatic rings. The summed E-state index contributed by atoms with van der Waals surface area (Å²) in [6, 6.07) is 0. The number of imidazole rings is 1. The topological polar surface area (TPSA) is 248 Å². The smallest absolute Gasteiger partial charge is 0.476 e. The van der Waals surface area contributed by atoms with Gasteiger partial charge in [0.2, 0.25) is 11.8 Å². The fourth-order valence-electron chi connectivity index (χ4n) is 3.18. The third-order valence-corrected chi connectivity index (χ3v) is 8.06. The molecule has 3 heterocycles. The van der Waals surface area contributed by atoms with Gasteiger partial charge in [0.1, 0.15) is 6.23 Å². The van der Waals surface area contributed by atoms with Gasteiger partial charge >= 0.3 is 23.5 Å². The summed E-state index contributed by atoms with van der Waals surface area (Å²) in [7, 11) is -16.3. The molecule has 0 aliphatic carbocycles. The molecule has 5 unspecified atom stereocenters. The molecule has 33 heavy (non-hydrogen) atoms. The van der Waals surface area contributed by atoms with Crippen LogP contribution in [0.3, 0.4) is 0 Å². The van der Waals surface area contributed by atoms with Crippen LogP contribution in [0.2, 0.25) is 0 Å². The van der Waals surface area contributed by atoms with Gasteiger partial charge in [-0.1, -0.05) is 6.92 Å². The molecule has 186 valence electrons. The van der Waals surface area contributed by atoms with E-state index < -0.39 is 42.4 Å². The van der Waals surface area contributed by atoms with Crippen LogP contribution in [-0.4, -0.2) is 58.4 Å². The van der Waals surface area contributed by atoms with Crippen LogP contribution in [0.25, 0.3) is 11.2 Å². The maximum Gasteiger partial charge on any atom is 0.490 e. The number of phosphoric ester groups is 1. The minimum Gasteiger partial charge on any atom is -0.476 e. The highest BCUT2D eigenvalue weighted by atomic mass is 31.3. The molecule has 0 amide bonds. The van der Waals surface area contributed by atoms with Crippen LogP contribution in [0.4, 0.5) is 5.95 Å². The van der Waals surface area contributed by atoms with Crippen molar-refractivity contribution in [1.82, 2.24) is 19.5 Å². The Hall–Kier alpha value is -1.48. The summed E-state index contributed by atoms with van der Waals surface area (Å²) in [6.07, 6.45) is 0.387. The number of ether oxygens (including phenoxy) is 2. The minimum absolute atomic E-state index is 0.0393. The number of hydrogen-bond acceptors (Lipinski definition) is 12. The van der Waals surface area contributed by atoms with Gasteiger partial charge in [0, 0.05) is 5.92 Å². The van der Waals surface area contributed by atoms with E-state index in [9.17, 15) is 23.5 Å². The lowest BCUT2D eigenvalue weighted by Gasteiger charge is -2.19. The number of fused-ring (bicyclic) bond motifs is 1. The molecule has 1 aliphatic heterocycles. The van der Waals surface area contributed by atoms with Gasteiger partial charge in [-0.3, -0.25) is 9.09 Å². The molecule has 20 heteroatoms. The van der Waals surface area contributed by atoms with Crippen molar-refractivity contribution >= 4 is 40.6 Å². The van der Waals surface area contributed by atoms with Gasteiger partial charge in [0.05, 0.1) is 25.6 Å².